The predicted octanol–water partition coefficient (Wildman–Crippen LogP) is 4.58. The summed E-state index contributed by atoms with van der Waals surface area (Å²) in [6, 6.07) is 17.2. The van der Waals surface area contributed by atoms with Gasteiger partial charge in [0.25, 0.3) is 5.91 Å². The van der Waals surface area contributed by atoms with Gasteiger partial charge < -0.3 is 10.6 Å². The van der Waals surface area contributed by atoms with Gasteiger partial charge >= 0.3 is 0 Å². The second-order valence-electron chi connectivity index (χ2n) is 6.56. The van der Waals surface area contributed by atoms with Crippen molar-refractivity contribution in [1.29, 1.82) is 0 Å². The van der Waals surface area contributed by atoms with Gasteiger partial charge in [-0.3, -0.25) is 9.59 Å². The predicted molar refractivity (Wildman–Crippen MR) is 114 cm³/mol. The minimum absolute atomic E-state index is 0.0989. The molecule has 1 heterocycles. The maximum absolute atomic E-state index is 12.2. The van der Waals surface area contributed by atoms with Gasteiger partial charge in [0, 0.05) is 29.0 Å². The number of benzene rings is 2. The molecule has 0 aliphatic rings. The molecule has 0 unspecified atom stereocenters. The molecular weight excluding hydrogens is 370 g/mol. The summed E-state index contributed by atoms with van der Waals surface area (Å²) in [5.74, 6) is -0.225. The van der Waals surface area contributed by atoms with Crippen LogP contribution in [0, 0.1) is 13.8 Å². The van der Waals surface area contributed by atoms with E-state index in [9.17, 15) is 9.59 Å². The number of nitrogens with zero attached hydrogens (tertiary/aromatic N) is 1. The summed E-state index contributed by atoms with van der Waals surface area (Å²) in [5, 5.41) is 6.29. The fourth-order valence-corrected chi connectivity index (χ4v) is 3.61. The van der Waals surface area contributed by atoms with Crippen LogP contribution in [0.3, 0.4) is 0 Å². The van der Waals surface area contributed by atoms with Crippen molar-refractivity contribution in [3.8, 4) is 11.3 Å². The molecule has 5 nitrogen and oxygen atoms in total. The normalized spacial score (nSPS) is 10.5. The summed E-state index contributed by atoms with van der Waals surface area (Å²) in [6.07, 6.45) is 0.896. The van der Waals surface area contributed by atoms with Gasteiger partial charge in [-0.15, -0.1) is 11.3 Å². The molecule has 2 aromatic carbocycles. The van der Waals surface area contributed by atoms with E-state index in [0.29, 0.717) is 30.1 Å². The number of rotatable bonds is 7. The molecule has 0 atom stereocenters. The van der Waals surface area contributed by atoms with Gasteiger partial charge in [0.05, 0.1) is 5.69 Å². The van der Waals surface area contributed by atoms with Crippen LogP contribution in [0.15, 0.2) is 54.6 Å². The molecule has 3 aromatic rings. The fraction of sp³-hybridized carbons (Fsp3) is 0.227. The summed E-state index contributed by atoms with van der Waals surface area (Å²) in [4.78, 5) is 29.8. The van der Waals surface area contributed by atoms with E-state index >= 15 is 0 Å². The molecule has 0 aliphatic carbocycles. The number of amides is 2. The minimum atomic E-state index is -0.126. The number of carbonyl (C=O) groups excluding carboxylic acids is 2. The van der Waals surface area contributed by atoms with Crippen LogP contribution in [0.2, 0.25) is 0 Å². The van der Waals surface area contributed by atoms with Gasteiger partial charge in [-0.25, -0.2) is 4.98 Å². The van der Waals surface area contributed by atoms with E-state index in [0.717, 1.165) is 16.1 Å². The highest BCUT2D eigenvalue weighted by atomic mass is 32.1. The van der Waals surface area contributed by atoms with E-state index in [4.69, 9.17) is 0 Å². The molecule has 0 saturated carbocycles. The number of hydrogen-bond acceptors (Lipinski definition) is 4. The van der Waals surface area contributed by atoms with Crippen LogP contribution < -0.4 is 10.6 Å². The largest absolute Gasteiger partial charge is 0.352 e. The average molecular weight is 394 g/mol. The Morgan fingerprint density at radius 1 is 1.00 bits per heavy atom. The highest BCUT2D eigenvalue weighted by Gasteiger charge is 2.12. The van der Waals surface area contributed by atoms with Gasteiger partial charge in [0.2, 0.25) is 5.91 Å². The molecule has 0 spiro atoms. The molecular formula is C22H23N3O2S. The SMILES string of the molecule is Cc1ccc(-c2nc(NC(=O)CCCNC(=O)c3ccccc3)sc2C)cc1. The lowest BCUT2D eigenvalue weighted by atomic mass is 10.1. The Labute approximate surface area is 168 Å². The third-order valence-corrected chi connectivity index (χ3v) is 5.16. The van der Waals surface area contributed by atoms with Crippen molar-refractivity contribution in [2.24, 2.45) is 0 Å². The van der Waals surface area contributed by atoms with Gasteiger partial charge in [0.1, 0.15) is 0 Å². The minimum Gasteiger partial charge on any atom is -0.352 e. The van der Waals surface area contributed by atoms with Crippen LogP contribution >= 0.6 is 11.3 Å². The second kappa shape index (κ2) is 9.28. The van der Waals surface area contributed by atoms with Gasteiger partial charge in [-0.2, -0.15) is 0 Å². The Morgan fingerprint density at radius 3 is 2.43 bits per heavy atom. The number of thiazole rings is 1. The Kier molecular flexibility index (Phi) is 6.55. The van der Waals surface area contributed by atoms with Gasteiger partial charge in [-0.05, 0) is 32.4 Å². The molecule has 0 fully saturated rings. The van der Waals surface area contributed by atoms with Crippen molar-refractivity contribution in [1.82, 2.24) is 10.3 Å². The molecule has 0 aliphatic heterocycles. The van der Waals surface area contributed by atoms with Crippen molar-refractivity contribution in [2.75, 3.05) is 11.9 Å². The van der Waals surface area contributed by atoms with Crippen LogP contribution in [0.1, 0.15) is 33.6 Å². The van der Waals surface area contributed by atoms with E-state index in [1.165, 1.54) is 16.9 Å². The number of aryl methyl sites for hydroxylation is 2. The Balaban J connectivity index is 1.47. The number of nitrogens with one attached hydrogen (secondary N) is 2. The van der Waals surface area contributed by atoms with Gasteiger partial charge in [-0.1, -0.05) is 48.0 Å². The smallest absolute Gasteiger partial charge is 0.251 e. The highest BCUT2D eigenvalue weighted by Crippen LogP contribution is 2.30. The molecule has 0 bridgehead atoms. The van der Waals surface area contributed by atoms with E-state index in [1.54, 1.807) is 12.1 Å². The van der Waals surface area contributed by atoms with E-state index in [1.807, 2.05) is 44.2 Å². The Hall–Kier alpha value is -2.99. The van der Waals surface area contributed by atoms with Crippen LogP contribution in [0.25, 0.3) is 11.3 Å². The van der Waals surface area contributed by atoms with Crippen LogP contribution in [0.5, 0.6) is 0 Å². The summed E-state index contributed by atoms with van der Waals surface area (Å²) >= 11 is 1.47. The molecule has 144 valence electrons. The fourth-order valence-electron chi connectivity index (χ4n) is 2.75. The number of anilines is 1. The third-order valence-electron chi connectivity index (χ3n) is 4.27. The topological polar surface area (TPSA) is 71.1 Å². The average Bonchev–Trinajstić information content (AvgIpc) is 3.06. The van der Waals surface area contributed by atoms with Crippen molar-refractivity contribution in [2.45, 2.75) is 26.7 Å². The zero-order chi connectivity index (χ0) is 19.9. The lowest BCUT2D eigenvalue weighted by molar-refractivity contribution is -0.116. The monoisotopic (exact) mass is 393 g/mol. The molecule has 28 heavy (non-hydrogen) atoms. The van der Waals surface area contributed by atoms with E-state index < -0.39 is 0 Å². The first-order valence-corrected chi connectivity index (χ1v) is 10.0. The molecule has 0 saturated heterocycles. The molecule has 6 heteroatoms. The van der Waals surface area contributed by atoms with Crippen molar-refractivity contribution >= 4 is 28.3 Å². The molecule has 2 N–H and O–H groups in total. The van der Waals surface area contributed by atoms with Crippen molar-refractivity contribution in [3.63, 3.8) is 0 Å². The number of aromatic nitrogens is 1. The summed E-state index contributed by atoms with van der Waals surface area (Å²) in [6.45, 7) is 4.50. The summed E-state index contributed by atoms with van der Waals surface area (Å²) < 4.78 is 0. The Morgan fingerprint density at radius 2 is 1.71 bits per heavy atom. The first-order valence-electron chi connectivity index (χ1n) is 9.20. The van der Waals surface area contributed by atoms with E-state index in [2.05, 4.69) is 27.8 Å². The Bertz CT molecular complexity index is 950. The lowest BCUT2D eigenvalue weighted by Gasteiger charge is -2.05. The summed E-state index contributed by atoms with van der Waals surface area (Å²) in [7, 11) is 0. The second-order valence-corrected chi connectivity index (χ2v) is 7.77. The molecule has 2 amide bonds. The lowest BCUT2D eigenvalue weighted by Crippen LogP contribution is -2.25. The molecule has 3 rings (SSSR count). The number of carbonyl (C=O) groups is 2. The highest BCUT2D eigenvalue weighted by molar-refractivity contribution is 7.16. The zero-order valence-corrected chi connectivity index (χ0v) is 16.8. The van der Waals surface area contributed by atoms with Crippen molar-refractivity contribution < 1.29 is 9.59 Å². The van der Waals surface area contributed by atoms with Crippen LogP contribution in [-0.2, 0) is 4.79 Å². The number of hydrogen-bond donors (Lipinski definition) is 2. The first kappa shape index (κ1) is 19.8. The maximum atomic E-state index is 12.2. The van der Waals surface area contributed by atoms with Crippen LogP contribution in [-0.4, -0.2) is 23.3 Å². The summed E-state index contributed by atoms with van der Waals surface area (Å²) in [5.41, 5.74) is 3.76. The van der Waals surface area contributed by atoms with E-state index in [-0.39, 0.29) is 11.8 Å². The zero-order valence-electron chi connectivity index (χ0n) is 16.0. The van der Waals surface area contributed by atoms with Gasteiger partial charge in [0.15, 0.2) is 5.13 Å². The standard InChI is InChI=1S/C22H23N3O2S/c1-15-10-12-17(13-11-15)20-16(2)28-22(25-20)24-19(26)9-6-14-23-21(27)18-7-4-3-5-8-18/h3-5,7-8,10-13H,6,9,14H2,1-2H3,(H,23,27)(H,24,25,26). The van der Waals surface area contributed by atoms with Crippen molar-refractivity contribution in [3.05, 3.63) is 70.6 Å². The third kappa shape index (κ3) is 5.27. The first-order chi connectivity index (χ1) is 13.5. The maximum Gasteiger partial charge on any atom is 0.251 e. The quantitative estimate of drug-likeness (QED) is 0.578. The molecule has 1 aromatic heterocycles. The van der Waals surface area contributed by atoms with Crippen LogP contribution in [0.4, 0.5) is 5.13 Å². The molecule has 0 radical (unpaired) electrons.